The van der Waals surface area contributed by atoms with Crippen LogP contribution in [0.3, 0.4) is 0 Å². The topological polar surface area (TPSA) is 50.1 Å². The fourth-order valence-electron chi connectivity index (χ4n) is 1.71. The number of rotatable bonds is 4. The summed E-state index contributed by atoms with van der Waals surface area (Å²) >= 11 is 7.07. The van der Waals surface area contributed by atoms with Crippen molar-refractivity contribution in [2.45, 2.75) is 5.92 Å². The molecule has 1 aromatic heterocycles. The quantitative estimate of drug-likeness (QED) is 0.803. The van der Waals surface area contributed by atoms with Gasteiger partial charge in [-0.1, -0.05) is 23.7 Å². The molecule has 0 N–H and O–H groups in total. The summed E-state index contributed by atoms with van der Waals surface area (Å²) < 4.78 is 5.12. The third-order valence-corrected chi connectivity index (χ3v) is 3.83. The molecule has 0 spiro atoms. The Balaban J connectivity index is 2.35. The number of halogens is 1. The molecule has 0 radical (unpaired) electrons. The van der Waals surface area contributed by atoms with Crippen molar-refractivity contribution < 1.29 is 9.53 Å². The molecular weight excluding hydrogens is 282 g/mol. The van der Waals surface area contributed by atoms with Gasteiger partial charge in [-0.3, -0.25) is 4.79 Å². The van der Waals surface area contributed by atoms with E-state index in [-0.39, 0.29) is 5.78 Å². The number of nitrogens with zero attached hydrogens (tertiary/aromatic N) is 1. The first-order valence-electron chi connectivity index (χ1n) is 5.48. The van der Waals surface area contributed by atoms with E-state index in [0.29, 0.717) is 21.2 Å². The van der Waals surface area contributed by atoms with Gasteiger partial charge in [0.15, 0.2) is 5.78 Å². The third kappa shape index (κ3) is 2.78. The fraction of sp³-hybridized carbons (Fsp3) is 0.143. The van der Waals surface area contributed by atoms with Gasteiger partial charge in [0, 0.05) is 5.02 Å². The van der Waals surface area contributed by atoms with Crippen molar-refractivity contribution in [2.75, 3.05) is 7.11 Å². The second-order valence-corrected chi connectivity index (χ2v) is 5.15. The summed E-state index contributed by atoms with van der Waals surface area (Å²) in [6.07, 6.45) is 0. The largest absolute Gasteiger partial charge is 0.495 e. The van der Waals surface area contributed by atoms with Crippen LogP contribution in [0.1, 0.15) is 21.2 Å². The third-order valence-electron chi connectivity index (χ3n) is 2.67. The van der Waals surface area contributed by atoms with Crippen molar-refractivity contribution in [3.8, 4) is 11.8 Å². The fourth-order valence-corrected chi connectivity index (χ4v) is 2.66. The van der Waals surface area contributed by atoms with Crippen LogP contribution in [0.15, 0.2) is 35.7 Å². The summed E-state index contributed by atoms with van der Waals surface area (Å²) in [5.41, 5.74) is 0.632. The zero-order valence-corrected chi connectivity index (χ0v) is 11.7. The van der Waals surface area contributed by atoms with Gasteiger partial charge in [-0.25, -0.2) is 0 Å². The number of nitriles is 1. The van der Waals surface area contributed by atoms with Crippen LogP contribution in [0.2, 0.25) is 5.02 Å². The van der Waals surface area contributed by atoms with E-state index in [9.17, 15) is 10.1 Å². The van der Waals surface area contributed by atoms with Gasteiger partial charge in [0.2, 0.25) is 0 Å². The monoisotopic (exact) mass is 291 g/mol. The molecule has 96 valence electrons. The van der Waals surface area contributed by atoms with Gasteiger partial charge < -0.3 is 4.74 Å². The number of ketones is 1. The molecule has 0 bridgehead atoms. The number of benzene rings is 1. The van der Waals surface area contributed by atoms with Crippen molar-refractivity contribution >= 4 is 28.7 Å². The maximum Gasteiger partial charge on any atom is 0.198 e. The Morgan fingerprint density at radius 3 is 2.63 bits per heavy atom. The Hall–Kier alpha value is -1.83. The zero-order valence-electron chi connectivity index (χ0n) is 10.1. The highest BCUT2D eigenvalue weighted by Crippen LogP contribution is 2.30. The van der Waals surface area contributed by atoms with Gasteiger partial charge >= 0.3 is 0 Å². The Kier molecular flexibility index (Phi) is 4.20. The summed E-state index contributed by atoms with van der Waals surface area (Å²) in [6.45, 7) is 0. The molecule has 0 saturated carbocycles. The average Bonchev–Trinajstić information content (AvgIpc) is 2.90. The number of methoxy groups -OCH3 is 1. The van der Waals surface area contributed by atoms with E-state index in [1.54, 1.807) is 35.7 Å². The molecule has 0 fully saturated rings. The molecule has 0 aliphatic rings. The Morgan fingerprint density at radius 1 is 1.37 bits per heavy atom. The molecular formula is C14H10ClNO2S. The maximum atomic E-state index is 12.4. The highest BCUT2D eigenvalue weighted by Gasteiger charge is 2.25. The standard InChI is InChI=1S/C14H10ClNO2S/c1-18-12-6-7-19-14(12)13(17)11(8-16)9-2-4-10(15)5-3-9/h2-7,11H,1H3. The number of hydrogen-bond acceptors (Lipinski definition) is 4. The van der Waals surface area contributed by atoms with Gasteiger partial charge in [-0.05, 0) is 29.1 Å². The molecule has 5 heteroatoms. The summed E-state index contributed by atoms with van der Waals surface area (Å²) in [4.78, 5) is 12.8. The first-order chi connectivity index (χ1) is 9.17. The molecule has 2 rings (SSSR count). The molecule has 0 amide bonds. The lowest BCUT2D eigenvalue weighted by molar-refractivity contribution is 0.0980. The van der Waals surface area contributed by atoms with E-state index in [1.165, 1.54) is 18.4 Å². The molecule has 0 aliphatic heterocycles. The van der Waals surface area contributed by atoms with Gasteiger partial charge in [0.05, 0.1) is 13.2 Å². The van der Waals surface area contributed by atoms with Crippen molar-refractivity contribution in [3.63, 3.8) is 0 Å². The molecule has 2 aromatic rings. The summed E-state index contributed by atoms with van der Waals surface area (Å²) in [6, 6.07) is 10.5. The van der Waals surface area contributed by atoms with Crippen LogP contribution in [-0.2, 0) is 0 Å². The van der Waals surface area contributed by atoms with E-state index >= 15 is 0 Å². The molecule has 1 unspecified atom stereocenters. The molecule has 1 atom stereocenters. The van der Waals surface area contributed by atoms with Crippen LogP contribution in [0.5, 0.6) is 5.75 Å². The lowest BCUT2D eigenvalue weighted by Gasteiger charge is -2.08. The number of carbonyl (C=O) groups is 1. The van der Waals surface area contributed by atoms with Crippen LogP contribution in [-0.4, -0.2) is 12.9 Å². The summed E-state index contributed by atoms with van der Waals surface area (Å²) in [5, 5.41) is 11.6. The van der Waals surface area contributed by atoms with E-state index in [1.807, 2.05) is 6.07 Å². The predicted molar refractivity (Wildman–Crippen MR) is 75.0 cm³/mol. The highest BCUT2D eigenvalue weighted by molar-refractivity contribution is 7.12. The minimum absolute atomic E-state index is 0.253. The van der Waals surface area contributed by atoms with E-state index in [4.69, 9.17) is 16.3 Å². The molecule has 0 saturated heterocycles. The molecule has 1 heterocycles. The van der Waals surface area contributed by atoms with E-state index in [2.05, 4.69) is 0 Å². The average molecular weight is 292 g/mol. The van der Waals surface area contributed by atoms with Crippen LogP contribution in [0.25, 0.3) is 0 Å². The van der Waals surface area contributed by atoms with Crippen molar-refractivity contribution in [1.82, 2.24) is 0 Å². The molecule has 1 aromatic carbocycles. The Morgan fingerprint density at radius 2 is 2.05 bits per heavy atom. The number of thiophene rings is 1. The van der Waals surface area contributed by atoms with Gasteiger partial charge in [0.1, 0.15) is 16.5 Å². The SMILES string of the molecule is COc1ccsc1C(=O)C(C#N)c1ccc(Cl)cc1. The maximum absolute atomic E-state index is 12.4. The first kappa shape index (κ1) is 13.6. The minimum Gasteiger partial charge on any atom is -0.495 e. The number of hydrogen-bond donors (Lipinski definition) is 0. The van der Waals surface area contributed by atoms with Gasteiger partial charge in [-0.2, -0.15) is 5.26 Å². The summed E-state index contributed by atoms with van der Waals surface area (Å²) in [7, 11) is 1.50. The van der Waals surface area contributed by atoms with Gasteiger partial charge in [0.25, 0.3) is 0 Å². The lowest BCUT2D eigenvalue weighted by atomic mass is 9.95. The highest BCUT2D eigenvalue weighted by atomic mass is 35.5. The van der Waals surface area contributed by atoms with Gasteiger partial charge in [-0.15, -0.1) is 11.3 Å². The Labute approximate surface area is 120 Å². The van der Waals surface area contributed by atoms with Crippen LogP contribution in [0, 0.1) is 11.3 Å². The normalized spacial score (nSPS) is 11.6. The number of ether oxygens (including phenoxy) is 1. The lowest BCUT2D eigenvalue weighted by Crippen LogP contribution is -2.10. The minimum atomic E-state index is -0.843. The zero-order chi connectivity index (χ0) is 13.8. The molecule has 19 heavy (non-hydrogen) atoms. The predicted octanol–water partition coefficient (Wildman–Crippen LogP) is 3.90. The Bertz CT molecular complexity index is 628. The summed E-state index contributed by atoms with van der Waals surface area (Å²) in [5.74, 6) is -0.592. The van der Waals surface area contributed by atoms with Crippen molar-refractivity contribution in [3.05, 3.63) is 51.2 Å². The number of carbonyl (C=O) groups excluding carboxylic acids is 1. The van der Waals surface area contributed by atoms with Crippen molar-refractivity contribution in [1.29, 1.82) is 5.26 Å². The van der Waals surface area contributed by atoms with Crippen LogP contribution >= 0.6 is 22.9 Å². The van der Waals surface area contributed by atoms with Crippen LogP contribution in [0.4, 0.5) is 0 Å². The second kappa shape index (κ2) is 5.87. The smallest absolute Gasteiger partial charge is 0.198 e. The van der Waals surface area contributed by atoms with E-state index in [0.717, 1.165) is 0 Å². The van der Waals surface area contributed by atoms with Crippen LogP contribution < -0.4 is 4.74 Å². The van der Waals surface area contributed by atoms with E-state index < -0.39 is 5.92 Å². The molecule has 0 aliphatic carbocycles. The first-order valence-corrected chi connectivity index (χ1v) is 6.74. The van der Waals surface area contributed by atoms with Crippen molar-refractivity contribution in [2.24, 2.45) is 0 Å². The number of Topliss-reactive ketones (excluding diaryl/α,β-unsaturated/α-hetero) is 1. The second-order valence-electron chi connectivity index (χ2n) is 3.80. The molecule has 3 nitrogen and oxygen atoms in total.